The highest BCUT2D eigenvalue weighted by molar-refractivity contribution is 6.30. The lowest BCUT2D eigenvalue weighted by molar-refractivity contribution is 0.438. The molecule has 3 aromatic heterocycles. The number of fused-ring (bicyclic) bond motifs is 1. The number of likely N-dealkylation sites (N-methyl/N-ethyl adjacent to an activating group) is 1. The standard InChI is InChI=1S/C22H17ClFN5/c1-29-7-6-13(12-29)14-8-21-20(25-10-14)5-4-19(27-21)17-11-26-28-22(17)16-9-15(23)2-3-18(16)24/h2-6,8-11H,7,12H2,1H3,(H,26,28). The zero-order chi connectivity index (χ0) is 20.0. The minimum Gasteiger partial charge on any atom is -0.298 e. The van der Waals surface area contributed by atoms with E-state index in [1.807, 2.05) is 18.3 Å². The molecular formula is C22H17ClFN5. The maximum atomic E-state index is 14.4. The summed E-state index contributed by atoms with van der Waals surface area (Å²) < 4.78 is 14.4. The molecule has 0 atom stereocenters. The average Bonchev–Trinajstić information content (AvgIpc) is 3.38. The molecule has 0 fully saturated rings. The van der Waals surface area contributed by atoms with E-state index in [4.69, 9.17) is 16.6 Å². The second-order valence-corrected chi connectivity index (χ2v) is 7.59. The molecule has 0 saturated carbocycles. The molecule has 1 aliphatic rings. The highest BCUT2D eigenvalue weighted by Gasteiger charge is 2.17. The zero-order valence-electron chi connectivity index (χ0n) is 15.7. The van der Waals surface area contributed by atoms with E-state index in [-0.39, 0.29) is 5.82 Å². The lowest BCUT2D eigenvalue weighted by Gasteiger charge is -2.09. The van der Waals surface area contributed by atoms with E-state index in [9.17, 15) is 4.39 Å². The van der Waals surface area contributed by atoms with E-state index in [1.54, 1.807) is 12.3 Å². The van der Waals surface area contributed by atoms with Crippen LogP contribution < -0.4 is 0 Å². The summed E-state index contributed by atoms with van der Waals surface area (Å²) in [5.41, 5.74) is 6.12. The summed E-state index contributed by atoms with van der Waals surface area (Å²) in [4.78, 5) is 11.6. The van der Waals surface area contributed by atoms with Crippen molar-refractivity contribution in [2.24, 2.45) is 0 Å². The summed E-state index contributed by atoms with van der Waals surface area (Å²) in [6.07, 6.45) is 5.82. The Bertz CT molecular complexity index is 1260. The first-order valence-electron chi connectivity index (χ1n) is 9.23. The predicted molar refractivity (Wildman–Crippen MR) is 113 cm³/mol. The number of hydrogen-bond donors (Lipinski definition) is 1. The van der Waals surface area contributed by atoms with Crippen LogP contribution in [0.1, 0.15) is 5.56 Å². The van der Waals surface area contributed by atoms with Crippen molar-refractivity contribution in [1.29, 1.82) is 0 Å². The molecule has 4 aromatic rings. The van der Waals surface area contributed by atoms with E-state index in [1.165, 1.54) is 17.7 Å². The molecule has 29 heavy (non-hydrogen) atoms. The molecule has 0 bridgehead atoms. The van der Waals surface area contributed by atoms with Crippen LogP contribution in [0, 0.1) is 5.82 Å². The second-order valence-electron chi connectivity index (χ2n) is 7.16. The zero-order valence-corrected chi connectivity index (χ0v) is 16.4. The summed E-state index contributed by atoms with van der Waals surface area (Å²) in [5, 5.41) is 7.51. The Hall–Kier alpha value is -3.09. The van der Waals surface area contributed by atoms with Crippen LogP contribution >= 0.6 is 11.6 Å². The van der Waals surface area contributed by atoms with Crippen molar-refractivity contribution in [3.63, 3.8) is 0 Å². The lowest BCUT2D eigenvalue weighted by atomic mass is 10.0. The number of pyridine rings is 2. The molecule has 0 saturated heterocycles. The first kappa shape index (κ1) is 18.0. The Morgan fingerprint density at radius 1 is 1.10 bits per heavy atom. The van der Waals surface area contributed by atoms with Crippen LogP contribution in [0.2, 0.25) is 5.02 Å². The van der Waals surface area contributed by atoms with E-state index in [0.29, 0.717) is 27.5 Å². The SMILES string of the molecule is CN1CC=C(c2cnc3ccc(-c4c[nH]nc4-c4cc(Cl)ccc4F)nc3c2)C1. The second kappa shape index (κ2) is 7.06. The van der Waals surface area contributed by atoms with Gasteiger partial charge in [0.25, 0.3) is 0 Å². The van der Waals surface area contributed by atoms with E-state index >= 15 is 0 Å². The summed E-state index contributed by atoms with van der Waals surface area (Å²) in [7, 11) is 2.09. The van der Waals surface area contributed by atoms with Crippen molar-refractivity contribution >= 4 is 28.2 Å². The molecule has 0 aliphatic carbocycles. The number of hydrogen-bond acceptors (Lipinski definition) is 4. The molecule has 0 spiro atoms. The maximum absolute atomic E-state index is 14.4. The van der Waals surface area contributed by atoms with Gasteiger partial charge in [0.05, 0.1) is 16.7 Å². The molecule has 4 heterocycles. The van der Waals surface area contributed by atoms with Gasteiger partial charge in [0.2, 0.25) is 0 Å². The van der Waals surface area contributed by atoms with Gasteiger partial charge in [-0.2, -0.15) is 5.10 Å². The Morgan fingerprint density at radius 3 is 2.83 bits per heavy atom. The molecule has 1 aliphatic heterocycles. The van der Waals surface area contributed by atoms with Gasteiger partial charge < -0.3 is 0 Å². The molecule has 0 amide bonds. The molecule has 1 aromatic carbocycles. The largest absolute Gasteiger partial charge is 0.298 e. The lowest BCUT2D eigenvalue weighted by Crippen LogP contribution is -2.13. The number of rotatable bonds is 3. The van der Waals surface area contributed by atoms with Crippen LogP contribution in [0.3, 0.4) is 0 Å². The van der Waals surface area contributed by atoms with Gasteiger partial charge in [0.1, 0.15) is 11.5 Å². The predicted octanol–water partition coefficient (Wildman–Crippen LogP) is 4.81. The number of halogens is 2. The Kier molecular flexibility index (Phi) is 4.38. The molecule has 0 radical (unpaired) electrons. The van der Waals surface area contributed by atoms with Crippen molar-refractivity contribution < 1.29 is 4.39 Å². The normalized spacial score (nSPS) is 14.5. The van der Waals surface area contributed by atoms with Crippen LogP contribution in [0.15, 0.2) is 54.9 Å². The molecule has 144 valence electrons. The Labute approximate surface area is 171 Å². The molecule has 5 nitrogen and oxygen atoms in total. The van der Waals surface area contributed by atoms with Crippen LogP contribution in [0.25, 0.3) is 39.1 Å². The molecular weight excluding hydrogens is 389 g/mol. The van der Waals surface area contributed by atoms with Gasteiger partial charge in [-0.15, -0.1) is 0 Å². The van der Waals surface area contributed by atoms with Gasteiger partial charge in [-0.25, -0.2) is 9.37 Å². The van der Waals surface area contributed by atoms with Crippen molar-refractivity contribution in [2.45, 2.75) is 0 Å². The van der Waals surface area contributed by atoms with Crippen LogP contribution in [0.5, 0.6) is 0 Å². The van der Waals surface area contributed by atoms with Gasteiger partial charge in [-0.1, -0.05) is 17.7 Å². The Morgan fingerprint density at radius 2 is 2.00 bits per heavy atom. The van der Waals surface area contributed by atoms with Crippen LogP contribution in [-0.4, -0.2) is 45.2 Å². The fourth-order valence-corrected chi connectivity index (χ4v) is 3.77. The molecule has 1 N–H and O–H groups in total. The first-order chi connectivity index (χ1) is 14.1. The highest BCUT2D eigenvalue weighted by Crippen LogP contribution is 2.33. The van der Waals surface area contributed by atoms with Crippen molar-refractivity contribution in [2.75, 3.05) is 20.1 Å². The smallest absolute Gasteiger partial charge is 0.132 e. The van der Waals surface area contributed by atoms with Crippen molar-refractivity contribution in [3.8, 4) is 22.5 Å². The number of H-pyrrole nitrogens is 1. The van der Waals surface area contributed by atoms with Gasteiger partial charge in [0, 0.05) is 41.6 Å². The van der Waals surface area contributed by atoms with E-state index in [2.05, 4.69) is 39.3 Å². The third-order valence-electron chi connectivity index (χ3n) is 5.10. The van der Waals surface area contributed by atoms with E-state index < -0.39 is 0 Å². The number of aromatic nitrogens is 4. The molecule has 7 heteroatoms. The van der Waals surface area contributed by atoms with Gasteiger partial charge in [-0.05, 0) is 54.6 Å². The minimum atomic E-state index is -0.384. The van der Waals surface area contributed by atoms with Crippen molar-refractivity contribution in [1.82, 2.24) is 25.1 Å². The van der Waals surface area contributed by atoms with E-state index in [0.717, 1.165) is 29.7 Å². The molecule has 0 unspecified atom stereocenters. The Balaban J connectivity index is 1.60. The summed E-state index contributed by atoms with van der Waals surface area (Å²) >= 11 is 6.06. The van der Waals surface area contributed by atoms with Crippen molar-refractivity contribution in [3.05, 3.63) is 71.3 Å². The number of benzene rings is 1. The number of aromatic amines is 1. The number of nitrogens with zero attached hydrogens (tertiary/aromatic N) is 4. The monoisotopic (exact) mass is 405 g/mol. The fraction of sp³-hybridized carbons (Fsp3) is 0.136. The third kappa shape index (κ3) is 3.30. The average molecular weight is 406 g/mol. The van der Waals surface area contributed by atoms with Gasteiger partial charge >= 0.3 is 0 Å². The highest BCUT2D eigenvalue weighted by atomic mass is 35.5. The quantitative estimate of drug-likeness (QED) is 0.531. The van der Waals surface area contributed by atoms with Gasteiger partial charge in [-0.3, -0.25) is 15.0 Å². The first-order valence-corrected chi connectivity index (χ1v) is 9.60. The summed E-state index contributed by atoms with van der Waals surface area (Å²) in [6, 6.07) is 10.3. The van der Waals surface area contributed by atoms with Crippen LogP contribution in [0.4, 0.5) is 4.39 Å². The topological polar surface area (TPSA) is 57.7 Å². The minimum absolute atomic E-state index is 0.335. The van der Waals surface area contributed by atoms with Crippen LogP contribution in [-0.2, 0) is 0 Å². The fourth-order valence-electron chi connectivity index (χ4n) is 3.60. The summed E-state index contributed by atoms with van der Waals surface area (Å²) in [6.45, 7) is 1.83. The third-order valence-corrected chi connectivity index (χ3v) is 5.33. The molecule has 5 rings (SSSR count). The maximum Gasteiger partial charge on any atom is 0.132 e. The summed E-state index contributed by atoms with van der Waals surface area (Å²) in [5.74, 6) is -0.384. The van der Waals surface area contributed by atoms with Gasteiger partial charge in [0.15, 0.2) is 0 Å². The number of nitrogens with one attached hydrogen (secondary N) is 1.